The first-order valence-corrected chi connectivity index (χ1v) is 10.0. The van der Waals surface area contributed by atoms with E-state index in [1.54, 1.807) is 0 Å². The van der Waals surface area contributed by atoms with E-state index in [0.717, 1.165) is 36.3 Å². The predicted octanol–water partition coefficient (Wildman–Crippen LogP) is 3.23. The average molecular weight is 502 g/mol. The molecule has 1 saturated carbocycles. The highest BCUT2D eigenvalue weighted by molar-refractivity contribution is 14.0. The number of aryl methyl sites for hydroxylation is 1. The first kappa shape index (κ1) is 24.5. The molecule has 2 rings (SSSR count). The summed E-state index contributed by atoms with van der Waals surface area (Å²) in [5.41, 5.74) is 2.28. The smallest absolute Gasteiger partial charge is 0.222 e. The summed E-state index contributed by atoms with van der Waals surface area (Å²) >= 11 is 0. The lowest BCUT2D eigenvalue weighted by atomic mass is 10.1. The zero-order valence-corrected chi connectivity index (χ0v) is 19.8. The molecule has 3 N–H and O–H groups in total. The number of aliphatic imine (C=N–C) groups is 1. The third kappa shape index (κ3) is 9.12. The first-order chi connectivity index (χ1) is 13.0. The Hall–Kier alpha value is -1.51. The van der Waals surface area contributed by atoms with Gasteiger partial charge in [-0.3, -0.25) is 4.79 Å². The number of rotatable bonds is 10. The SMILES string of the molecule is CCNC(=NCc1ccc(C)cc1OCC1CC1)NCCNC(=O)C(C)C.I. The molecule has 0 aliphatic heterocycles. The molecule has 28 heavy (non-hydrogen) atoms. The molecule has 1 aliphatic rings. The standard InChI is InChI=1S/C21H34N4O2.HI/c1-5-22-21(24-11-10-23-20(26)15(2)3)25-13-18-9-6-16(4)12-19(18)27-14-17-7-8-17;/h6,9,12,15,17H,5,7-8,10-11,13-14H2,1-4H3,(H,23,26)(H2,22,24,25);1H. The average Bonchev–Trinajstić information content (AvgIpc) is 3.46. The Labute approximate surface area is 186 Å². The number of ether oxygens (including phenoxy) is 1. The second kappa shape index (κ2) is 12.9. The summed E-state index contributed by atoms with van der Waals surface area (Å²) in [7, 11) is 0. The van der Waals surface area contributed by atoms with Gasteiger partial charge in [0, 0.05) is 31.1 Å². The highest BCUT2D eigenvalue weighted by atomic mass is 127. The highest BCUT2D eigenvalue weighted by Crippen LogP contribution is 2.30. The van der Waals surface area contributed by atoms with Crippen LogP contribution >= 0.6 is 24.0 Å². The van der Waals surface area contributed by atoms with Gasteiger partial charge in [0.2, 0.25) is 5.91 Å². The molecule has 6 nitrogen and oxygen atoms in total. The Morgan fingerprint density at radius 1 is 1.21 bits per heavy atom. The highest BCUT2D eigenvalue weighted by Gasteiger charge is 2.22. The van der Waals surface area contributed by atoms with Crippen LogP contribution in [0.2, 0.25) is 0 Å². The number of carbonyl (C=O) groups is 1. The molecule has 0 atom stereocenters. The van der Waals surface area contributed by atoms with E-state index < -0.39 is 0 Å². The van der Waals surface area contributed by atoms with Crippen molar-refractivity contribution in [3.8, 4) is 5.75 Å². The van der Waals surface area contributed by atoms with Crippen molar-refractivity contribution >= 4 is 35.8 Å². The van der Waals surface area contributed by atoms with Crippen molar-refractivity contribution in [1.82, 2.24) is 16.0 Å². The maximum absolute atomic E-state index is 11.6. The lowest BCUT2D eigenvalue weighted by molar-refractivity contribution is -0.123. The lowest BCUT2D eigenvalue weighted by Gasteiger charge is -2.14. The van der Waals surface area contributed by atoms with Gasteiger partial charge in [-0.25, -0.2) is 4.99 Å². The normalized spacial score (nSPS) is 13.7. The summed E-state index contributed by atoms with van der Waals surface area (Å²) in [5, 5.41) is 9.40. The lowest BCUT2D eigenvalue weighted by Crippen LogP contribution is -2.42. The van der Waals surface area contributed by atoms with Crippen LogP contribution in [0.1, 0.15) is 44.7 Å². The van der Waals surface area contributed by atoms with Gasteiger partial charge in [-0.1, -0.05) is 26.0 Å². The molecule has 1 amide bonds. The summed E-state index contributed by atoms with van der Waals surface area (Å²) in [6.07, 6.45) is 2.56. The van der Waals surface area contributed by atoms with E-state index in [1.165, 1.54) is 18.4 Å². The van der Waals surface area contributed by atoms with Crippen LogP contribution in [-0.2, 0) is 11.3 Å². The molecule has 0 bridgehead atoms. The van der Waals surface area contributed by atoms with Gasteiger partial charge in [0.1, 0.15) is 5.75 Å². The van der Waals surface area contributed by atoms with Crippen LogP contribution in [0.5, 0.6) is 5.75 Å². The van der Waals surface area contributed by atoms with E-state index in [1.807, 2.05) is 20.8 Å². The summed E-state index contributed by atoms with van der Waals surface area (Å²) in [6, 6.07) is 6.28. The number of nitrogens with zero attached hydrogens (tertiary/aromatic N) is 1. The molecule has 1 fully saturated rings. The second-order valence-electron chi connectivity index (χ2n) is 7.43. The van der Waals surface area contributed by atoms with Crippen molar-refractivity contribution in [3.63, 3.8) is 0 Å². The molecule has 0 radical (unpaired) electrons. The first-order valence-electron chi connectivity index (χ1n) is 10.0. The quantitative estimate of drug-likeness (QED) is 0.199. The van der Waals surface area contributed by atoms with Crippen LogP contribution < -0.4 is 20.7 Å². The van der Waals surface area contributed by atoms with Gasteiger partial charge in [0.25, 0.3) is 0 Å². The van der Waals surface area contributed by atoms with E-state index in [-0.39, 0.29) is 35.8 Å². The van der Waals surface area contributed by atoms with Crippen LogP contribution in [0, 0.1) is 18.8 Å². The van der Waals surface area contributed by atoms with Crippen molar-refractivity contribution in [2.24, 2.45) is 16.8 Å². The zero-order chi connectivity index (χ0) is 19.6. The van der Waals surface area contributed by atoms with E-state index in [9.17, 15) is 4.79 Å². The molecule has 7 heteroatoms. The van der Waals surface area contributed by atoms with Crippen LogP contribution in [0.25, 0.3) is 0 Å². The maximum Gasteiger partial charge on any atom is 0.222 e. The van der Waals surface area contributed by atoms with Crippen LogP contribution in [0.15, 0.2) is 23.2 Å². The number of hydrogen-bond acceptors (Lipinski definition) is 3. The fraction of sp³-hybridized carbons (Fsp3) is 0.619. The van der Waals surface area contributed by atoms with Gasteiger partial charge >= 0.3 is 0 Å². The maximum atomic E-state index is 11.6. The summed E-state index contributed by atoms with van der Waals surface area (Å²) in [6.45, 7) is 11.2. The monoisotopic (exact) mass is 502 g/mol. The van der Waals surface area contributed by atoms with Crippen molar-refractivity contribution in [2.45, 2.75) is 47.1 Å². The number of guanidine groups is 1. The fourth-order valence-corrected chi connectivity index (χ4v) is 2.50. The van der Waals surface area contributed by atoms with Gasteiger partial charge in [-0.2, -0.15) is 0 Å². The number of hydrogen-bond donors (Lipinski definition) is 3. The topological polar surface area (TPSA) is 74.8 Å². The predicted molar refractivity (Wildman–Crippen MR) is 125 cm³/mol. The number of carbonyl (C=O) groups excluding carboxylic acids is 1. The van der Waals surface area contributed by atoms with Crippen molar-refractivity contribution in [3.05, 3.63) is 29.3 Å². The Bertz CT molecular complexity index is 645. The molecule has 0 unspecified atom stereocenters. The van der Waals surface area contributed by atoms with Gasteiger partial charge in [-0.05, 0) is 44.2 Å². The van der Waals surface area contributed by atoms with E-state index in [0.29, 0.717) is 19.6 Å². The number of halogens is 1. The second-order valence-corrected chi connectivity index (χ2v) is 7.43. The number of amides is 1. The summed E-state index contributed by atoms with van der Waals surface area (Å²) < 4.78 is 6.02. The molecule has 1 aromatic rings. The Kier molecular flexibility index (Phi) is 11.3. The molecule has 1 aliphatic carbocycles. The molecule has 1 aromatic carbocycles. The van der Waals surface area contributed by atoms with Crippen molar-refractivity contribution in [1.29, 1.82) is 0 Å². The molecule has 0 saturated heterocycles. The minimum Gasteiger partial charge on any atom is -0.493 e. The minimum absolute atomic E-state index is 0. The van der Waals surface area contributed by atoms with Crippen LogP contribution in [0.3, 0.4) is 0 Å². The Balaban J connectivity index is 0.00000392. The largest absolute Gasteiger partial charge is 0.493 e. The van der Waals surface area contributed by atoms with Gasteiger partial charge in [-0.15, -0.1) is 24.0 Å². The third-order valence-corrected chi connectivity index (χ3v) is 4.39. The fourth-order valence-electron chi connectivity index (χ4n) is 2.50. The Morgan fingerprint density at radius 2 is 1.93 bits per heavy atom. The van der Waals surface area contributed by atoms with Crippen LogP contribution in [0.4, 0.5) is 0 Å². The molecular formula is C21H35IN4O2. The van der Waals surface area contributed by atoms with Gasteiger partial charge in [0.15, 0.2) is 5.96 Å². The van der Waals surface area contributed by atoms with E-state index in [4.69, 9.17) is 4.74 Å². The van der Waals surface area contributed by atoms with Crippen LogP contribution in [-0.4, -0.2) is 38.1 Å². The van der Waals surface area contributed by atoms with Crippen molar-refractivity contribution < 1.29 is 9.53 Å². The number of benzene rings is 1. The Morgan fingerprint density at radius 3 is 2.57 bits per heavy atom. The summed E-state index contributed by atoms with van der Waals surface area (Å²) in [4.78, 5) is 16.3. The molecule has 158 valence electrons. The number of nitrogens with one attached hydrogen (secondary N) is 3. The molecule has 0 aromatic heterocycles. The molecule has 0 spiro atoms. The van der Waals surface area contributed by atoms with Crippen molar-refractivity contribution in [2.75, 3.05) is 26.2 Å². The third-order valence-electron chi connectivity index (χ3n) is 4.39. The van der Waals surface area contributed by atoms with Gasteiger partial charge in [0.05, 0.1) is 13.2 Å². The zero-order valence-electron chi connectivity index (χ0n) is 17.5. The molecule has 0 heterocycles. The van der Waals surface area contributed by atoms with E-state index >= 15 is 0 Å². The molecular weight excluding hydrogens is 467 g/mol. The minimum atomic E-state index is 0. The summed E-state index contributed by atoms with van der Waals surface area (Å²) in [5.74, 6) is 2.47. The van der Waals surface area contributed by atoms with E-state index in [2.05, 4.69) is 46.1 Å². The van der Waals surface area contributed by atoms with Gasteiger partial charge < -0.3 is 20.7 Å².